The van der Waals surface area contributed by atoms with Crippen molar-refractivity contribution in [2.45, 2.75) is 36.9 Å². The van der Waals surface area contributed by atoms with Crippen molar-refractivity contribution >= 4 is 39.3 Å². The molecule has 8 heteroatoms. The molecular formula is C13H16N6S2. The molecule has 3 aromatic heterocycles. The molecule has 110 valence electrons. The summed E-state index contributed by atoms with van der Waals surface area (Å²) in [5.74, 6) is 0.677. The molecule has 0 saturated carbocycles. The van der Waals surface area contributed by atoms with Gasteiger partial charge in [0.25, 0.3) is 0 Å². The quantitative estimate of drug-likeness (QED) is 0.678. The van der Waals surface area contributed by atoms with Gasteiger partial charge in [-0.1, -0.05) is 13.8 Å². The van der Waals surface area contributed by atoms with Crippen LogP contribution in [0.2, 0.25) is 0 Å². The Labute approximate surface area is 130 Å². The largest absolute Gasteiger partial charge is 0.354 e. The number of aromatic nitrogens is 5. The number of nitrogens with zero attached hydrogens (tertiary/aromatic N) is 4. The van der Waals surface area contributed by atoms with Gasteiger partial charge in [0, 0.05) is 16.8 Å². The summed E-state index contributed by atoms with van der Waals surface area (Å²) in [6, 6.07) is 2.17. The number of fused-ring (bicyclic) bond motifs is 1. The second kappa shape index (κ2) is 6.40. The van der Waals surface area contributed by atoms with E-state index < -0.39 is 0 Å². The van der Waals surface area contributed by atoms with Gasteiger partial charge in [0.2, 0.25) is 5.95 Å². The summed E-state index contributed by atoms with van der Waals surface area (Å²) in [5, 5.41) is 12.7. The Bertz CT molecular complexity index is 722. The van der Waals surface area contributed by atoms with Gasteiger partial charge in [-0.05, 0) is 30.7 Å². The van der Waals surface area contributed by atoms with Crippen LogP contribution in [0.3, 0.4) is 0 Å². The highest BCUT2D eigenvalue weighted by Crippen LogP contribution is 2.34. The summed E-state index contributed by atoms with van der Waals surface area (Å²) in [6.07, 6.45) is 3.55. The Kier molecular flexibility index (Phi) is 4.35. The van der Waals surface area contributed by atoms with Crippen molar-refractivity contribution in [2.24, 2.45) is 0 Å². The average Bonchev–Trinajstić information content (AvgIpc) is 3.13. The molecule has 0 atom stereocenters. The fraction of sp³-hybridized carbons (Fsp3) is 0.385. The van der Waals surface area contributed by atoms with Crippen LogP contribution >= 0.6 is 23.1 Å². The Balaban J connectivity index is 2.02. The van der Waals surface area contributed by atoms with Crippen LogP contribution < -0.4 is 5.32 Å². The zero-order valence-electron chi connectivity index (χ0n) is 11.9. The number of aryl methyl sites for hydroxylation is 1. The van der Waals surface area contributed by atoms with Crippen molar-refractivity contribution < 1.29 is 0 Å². The molecule has 0 unspecified atom stereocenters. The minimum Gasteiger partial charge on any atom is -0.354 e. The highest BCUT2D eigenvalue weighted by Gasteiger charge is 2.13. The lowest BCUT2D eigenvalue weighted by Crippen LogP contribution is -2.04. The van der Waals surface area contributed by atoms with Crippen molar-refractivity contribution in [1.82, 2.24) is 25.1 Å². The number of aromatic amines is 1. The lowest BCUT2D eigenvalue weighted by Gasteiger charge is -2.05. The van der Waals surface area contributed by atoms with Gasteiger partial charge < -0.3 is 5.32 Å². The molecule has 0 aromatic carbocycles. The van der Waals surface area contributed by atoms with Gasteiger partial charge in [0.05, 0.1) is 0 Å². The van der Waals surface area contributed by atoms with E-state index in [1.807, 2.05) is 0 Å². The molecule has 3 rings (SSSR count). The van der Waals surface area contributed by atoms with E-state index in [9.17, 15) is 0 Å². The number of H-pyrrole nitrogens is 1. The van der Waals surface area contributed by atoms with Crippen molar-refractivity contribution in [3.05, 3.63) is 17.3 Å². The third-order valence-electron chi connectivity index (χ3n) is 2.88. The molecular weight excluding hydrogens is 304 g/mol. The molecule has 0 saturated heterocycles. The summed E-state index contributed by atoms with van der Waals surface area (Å²) in [6.45, 7) is 5.14. The monoisotopic (exact) mass is 320 g/mol. The van der Waals surface area contributed by atoms with Gasteiger partial charge in [0.15, 0.2) is 5.16 Å². The normalized spacial score (nSPS) is 11.1. The zero-order valence-corrected chi connectivity index (χ0v) is 13.5. The summed E-state index contributed by atoms with van der Waals surface area (Å²) in [4.78, 5) is 15.7. The number of rotatable bonds is 6. The molecule has 2 N–H and O–H groups in total. The van der Waals surface area contributed by atoms with Gasteiger partial charge in [-0.2, -0.15) is 5.10 Å². The van der Waals surface area contributed by atoms with Gasteiger partial charge in [-0.3, -0.25) is 5.10 Å². The molecule has 0 spiro atoms. The maximum Gasteiger partial charge on any atom is 0.225 e. The fourth-order valence-electron chi connectivity index (χ4n) is 1.85. The first kappa shape index (κ1) is 14.3. The van der Waals surface area contributed by atoms with E-state index in [0.29, 0.717) is 5.95 Å². The van der Waals surface area contributed by atoms with Crippen LogP contribution in [0.5, 0.6) is 0 Å². The van der Waals surface area contributed by atoms with Gasteiger partial charge in [-0.25, -0.2) is 15.0 Å². The van der Waals surface area contributed by atoms with Crippen LogP contribution in [-0.2, 0) is 6.42 Å². The second-order valence-electron chi connectivity index (χ2n) is 4.46. The van der Waals surface area contributed by atoms with E-state index in [0.717, 1.165) is 39.8 Å². The fourth-order valence-corrected chi connectivity index (χ4v) is 3.66. The number of hydrogen-bond donors (Lipinski definition) is 2. The molecule has 3 aromatic rings. The van der Waals surface area contributed by atoms with E-state index in [2.05, 4.69) is 50.4 Å². The second-order valence-corrected chi connectivity index (χ2v) is 6.55. The SMILES string of the molecule is CCCNc1nc(Sc2ncn[nH]2)c2cc(CC)sc2n1. The van der Waals surface area contributed by atoms with Gasteiger partial charge in [0.1, 0.15) is 16.2 Å². The number of hydrogen-bond acceptors (Lipinski definition) is 7. The maximum absolute atomic E-state index is 4.62. The summed E-state index contributed by atoms with van der Waals surface area (Å²) in [7, 11) is 0. The van der Waals surface area contributed by atoms with Crippen LogP contribution in [0.1, 0.15) is 25.1 Å². The average molecular weight is 320 g/mol. The smallest absolute Gasteiger partial charge is 0.225 e. The molecule has 0 fully saturated rings. The van der Waals surface area contributed by atoms with Crippen LogP contribution in [0, 0.1) is 0 Å². The lowest BCUT2D eigenvalue weighted by atomic mass is 10.3. The van der Waals surface area contributed by atoms with Crippen LogP contribution in [0.4, 0.5) is 5.95 Å². The molecule has 0 bridgehead atoms. The molecule has 0 aliphatic carbocycles. The zero-order chi connectivity index (χ0) is 14.7. The predicted octanol–water partition coefficient (Wildman–Crippen LogP) is 3.34. The Morgan fingerprint density at radius 1 is 1.33 bits per heavy atom. The third-order valence-corrected chi connectivity index (χ3v) is 4.94. The summed E-state index contributed by atoms with van der Waals surface area (Å²) >= 11 is 3.20. The molecule has 0 radical (unpaired) electrons. The van der Waals surface area contributed by atoms with Crippen LogP contribution in [0.25, 0.3) is 10.2 Å². The topological polar surface area (TPSA) is 79.4 Å². The molecule has 6 nitrogen and oxygen atoms in total. The van der Waals surface area contributed by atoms with E-state index in [-0.39, 0.29) is 0 Å². The minimum atomic E-state index is 0.677. The molecule has 21 heavy (non-hydrogen) atoms. The Morgan fingerprint density at radius 2 is 2.24 bits per heavy atom. The van der Waals surface area contributed by atoms with Crippen LogP contribution in [0.15, 0.2) is 22.6 Å². The van der Waals surface area contributed by atoms with E-state index in [1.54, 1.807) is 11.3 Å². The highest BCUT2D eigenvalue weighted by atomic mass is 32.2. The van der Waals surface area contributed by atoms with E-state index in [4.69, 9.17) is 0 Å². The Hall–Kier alpha value is -1.67. The minimum absolute atomic E-state index is 0.677. The number of thiophene rings is 1. The highest BCUT2D eigenvalue weighted by molar-refractivity contribution is 7.99. The molecule has 3 heterocycles. The standard InChI is InChI=1S/C13H16N6S2/c1-3-5-14-12-17-10-9(6-8(4-2)20-10)11(18-12)21-13-15-7-16-19-13/h6-7H,3-5H2,1-2H3,(H,14,17,18)(H,15,16,19). The predicted molar refractivity (Wildman–Crippen MR) is 86.1 cm³/mol. The van der Waals surface area contributed by atoms with Crippen molar-refractivity contribution in [3.63, 3.8) is 0 Å². The van der Waals surface area contributed by atoms with Crippen molar-refractivity contribution in [3.8, 4) is 0 Å². The maximum atomic E-state index is 4.62. The summed E-state index contributed by atoms with van der Waals surface area (Å²) in [5.41, 5.74) is 0. The van der Waals surface area contributed by atoms with E-state index in [1.165, 1.54) is 23.0 Å². The number of anilines is 1. The lowest BCUT2D eigenvalue weighted by molar-refractivity contribution is 0.942. The van der Waals surface area contributed by atoms with E-state index >= 15 is 0 Å². The third kappa shape index (κ3) is 3.16. The molecule has 0 aliphatic rings. The van der Waals surface area contributed by atoms with Gasteiger partial charge >= 0.3 is 0 Å². The Morgan fingerprint density at radius 3 is 2.95 bits per heavy atom. The first-order valence-electron chi connectivity index (χ1n) is 6.87. The number of nitrogens with one attached hydrogen (secondary N) is 2. The van der Waals surface area contributed by atoms with Crippen LogP contribution in [-0.4, -0.2) is 31.7 Å². The summed E-state index contributed by atoms with van der Waals surface area (Å²) < 4.78 is 0. The van der Waals surface area contributed by atoms with Crippen molar-refractivity contribution in [2.75, 3.05) is 11.9 Å². The first-order valence-corrected chi connectivity index (χ1v) is 8.51. The molecule has 0 amide bonds. The first-order chi connectivity index (χ1) is 10.3. The molecule has 0 aliphatic heterocycles. The van der Waals surface area contributed by atoms with Crippen molar-refractivity contribution in [1.29, 1.82) is 0 Å². The van der Waals surface area contributed by atoms with Gasteiger partial charge in [-0.15, -0.1) is 11.3 Å².